The van der Waals surface area contributed by atoms with E-state index < -0.39 is 7.26 Å². The molecule has 3 heteroatoms. The van der Waals surface area contributed by atoms with Crippen LogP contribution in [0.5, 0.6) is 0 Å². The number of carbonyl (C=O) groups is 1. The zero-order valence-corrected chi connectivity index (χ0v) is 14.7. The van der Waals surface area contributed by atoms with Crippen LogP contribution in [0.4, 0.5) is 5.69 Å². The van der Waals surface area contributed by atoms with Crippen molar-refractivity contribution in [3.8, 4) is 0 Å². The lowest BCUT2D eigenvalue weighted by Gasteiger charge is -2.26. The molecule has 1 N–H and O–H groups in total. The number of benzene rings is 1. The van der Waals surface area contributed by atoms with Crippen LogP contribution in [0.2, 0.25) is 0 Å². The van der Waals surface area contributed by atoms with Crippen molar-refractivity contribution in [3.63, 3.8) is 0 Å². The van der Waals surface area contributed by atoms with Gasteiger partial charge < -0.3 is 5.32 Å². The summed E-state index contributed by atoms with van der Waals surface area (Å²) in [6.45, 7) is 13.1. The highest BCUT2D eigenvalue weighted by atomic mass is 31.2. The number of para-hydroxylation sites is 1. The average molecular weight is 294 g/mol. The number of nitrogens with one attached hydrogen (secondary N) is 1. The monoisotopic (exact) mass is 294 g/mol. The van der Waals surface area contributed by atoms with Gasteiger partial charge in [0.15, 0.2) is 0 Å². The molecule has 20 heavy (non-hydrogen) atoms. The summed E-state index contributed by atoms with van der Waals surface area (Å²) in [5, 5.41) is 3.19. The molecule has 0 aliphatic rings. The van der Waals surface area contributed by atoms with E-state index in [0.717, 1.165) is 35.8 Å². The Morgan fingerprint density at radius 1 is 1.20 bits per heavy atom. The van der Waals surface area contributed by atoms with Crippen molar-refractivity contribution < 1.29 is 4.79 Å². The predicted octanol–water partition coefficient (Wildman–Crippen LogP) is 4.71. The molecule has 0 saturated carbocycles. The Morgan fingerprint density at radius 2 is 1.75 bits per heavy atom. The lowest BCUT2D eigenvalue weighted by atomic mass is 10.1. The average Bonchev–Trinajstić information content (AvgIpc) is 2.40. The molecule has 1 unspecified atom stereocenters. The molecule has 0 heterocycles. The number of carbonyl (C=O) groups excluding carboxylic acids is 1. The summed E-state index contributed by atoms with van der Waals surface area (Å²) in [6.07, 6.45) is 3.18. The van der Waals surface area contributed by atoms with E-state index in [-0.39, 0.29) is 11.6 Å². The molecule has 1 amide bonds. The van der Waals surface area contributed by atoms with Crippen molar-refractivity contribution in [2.75, 3.05) is 24.8 Å². The summed E-state index contributed by atoms with van der Waals surface area (Å²) in [6, 6.07) is 6.14. The number of aryl methyl sites for hydroxylation is 2. The van der Waals surface area contributed by atoms with Crippen molar-refractivity contribution in [1.29, 1.82) is 0 Å². The molecule has 0 saturated heterocycles. The van der Waals surface area contributed by atoms with Crippen LogP contribution < -0.4 is 5.32 Å². The van der Waals surface area contributed by atoms with Crippen LogP contribution in [-0.4, -0.2) is 31.1 Å². The second-order valence-electron chi connectivity index (χ2n) is 6.16. The zero-order valence-electron chi connectivity index (χ0n) is 13.8. The van der Waals surface area contributed by atoms with Gasteiger partial charge in [-0.15, -0.1) is 0 Å². The van der Waals surface area contributed by atoms with E-state index >= 15 is 0 Å². The summed E-state index contributed by atoms with van der Waals surface area (Å²) in [5.41, 5.74) is 3.45. The van der Waals surface area contributed by atoms with E-state index in [0.29, 0.717) is 0 Å². The molecule has 0 radical (unpaired) electrons. The van der Waals surface area contributed by atoms with Gasteiger partial charge in [0.25, 0.3) is 5.91 Å². The van der Waals surface area contributed by atoms with Gasteiger partial charge in [-0.25, -0.2) is 0 Å². The van der Waals surface area contributed by atoms with Crippen LogP contribution in [0.1, 0.15) is 37.8 Å². The lowest BCUT2D eigenvalue weighted by molar-refractivity contribution is -0.116. The molecule has 1 atom stereocenters. The van der Waals surface area contributed by atoms with Crippen LogP contribution in [0, 0.1) is 13.8 Å². The SMILES string of the molecule is CCCC(C(=O)Nc1c(C)cccc1C)[P+](C)(C)CC. The molecule has 1 rings (SSSR count). The van der Waals surface area contributed by atoms with Gasteiger partial charge in [0.1, 0.15) is 5.66 Å². The van der Waals surface area contributed by atoms with E-state index in [4.69, 9.17) is 0 Å². The maximum absolute atomic E-state index is 12.7. The minimum atomic E-state index is -1.19. The van der Waals surface area contributed by atoms with Crippen molar-refractivity contribution in [2.24, 2.45) is 0 Å². The van der Waals surface area contributed by atoms with Gasteiger partial charge in [-0.3, -0.25) is 4.79 Å². The first-order valence-electron chi connectivity index (χ1n) is 7.53. The second-order valence-corrected chi connectivity index (χ2v) is 11.0. The van der Waals surface area contributed by atoms with E-state index in [9.17, 15) is 4.79 Å². The number of amides is 1. The Hall–Kier alpha value is -0.880. The van der Waals surface area contributed by atoms with Crippen LogP contribution in [-0.2, 0) is 4.79 Å². The number of hydrogen-bond donors (Lipinski definition) is 1. The first kappa shape index (κ1) is 17.2. The van der Waals surface area contributed by atoms with Gasteiger partial charge in [-0.2, -0.15) is 0 Å². The first-order chi connectivity index (χ1) is 9.33. The van der Waals surface area contributed by atoms with Gasteiger partial charge in [-0.05, 0) is 38.3 Å². The van der Waals surface area contributed by atoms with Gasteiger partial charge in [-0.1, -0.05) is 31.5 Å². The third kappa shape index (κ3) is 4.06. The Kier molecular flexibility index (Phi) is 6.20. The normalized spacial score (nSPS) is 13.1. The number of anilines is 1. The molecule has 0 spiro atoms. The van der Waals surface area contributed by atoms with Gasteiger partial charge >= 0.3 is 0 Å². The van der Waals surface area contributed by atoms with Crippen LogP contribution in [0.3, 0.4) is 0 Å². The highest BCUT2D eigenvalue weighted by Gasteiger charge is 2.39. The maximum atomic E-state index is 12.7. The first-order valence-corrected chi connectivity index (χ1v) is 10.5. The second kappa shape index (κ2) is 7.22. The van der Waals surface area contributed by atoms with Crippen LogP contribution in [0.25, 0.3) is 0 Å². The predicted molar refractivity (Wildman–Crippen MR) is 92.6 cm³/mol. The van der Waals surface area contributed by atoms with Crippen molar-refractivity contribution in [2.45, 2.75) is 46.2 Å². The third-order valence-electron chi connectivity index (χ3n) is 4.25. The topological polar surface area (TPSA) is 29.1 Å². The minimum Gasteiger partial charge on any atom is -0.322 e. The summed E-state index contributed by atoms with van der Waals surface area (Å²) < 4.78 is 0. The highest BCUT2D eigenvalue weighted by Crippen LogP contribution is 2.57. The van der Waals surface area contributed by atoms with E-state index in [1.165, 1.54) is 0 Å². The van der Waals surface area contributed by atoms with E-state index in [1.807, 2.05) is 6.07 Å². The zero-order chi connectivity index (χ0) is 15.3. The molecular formula is C17H29NOP+. The van der Waals surface area contributed by atoms with E-state index in [1.54, 1.807) is 0 Å². The standard InChI is InChI=1S/C17H28NOP/c1-7-10-15(20(5,6)8-2)17(19)18-16-13(3)11-9-12-14(16)4/h9,11-12,15H,7-8,10H2,1-6H3/p+1. The molecule has 0 fully saturated rings. The Bertz CT molecular complexity index is 448. The molecule has 0 bridgehead atoms. The molecule has 0 aliphatic heterocycles. The van der Waals surface area contributed by atoms with Crippen molar-refractivity contribution in [1.82, 2.24) is 0 Å². The molecule has 2 nitrogen and oxygen atoms in total. The fourth-order valence-electron chi connectivity index (χ4n) is 2.51. The molecular weight excluding hydrogens is 265 g/mol. The highest BCUT2D eigenvalue weighted by molar-refractivity contribution is 7.76. The Morgan fingerprint density at radius 3 is 2.20 bits per heavy atom. The van der Waals surface area contributed by atoms with Crippen molar-refractivity contribution >= 4 is 18.9 Å². The molecule has 0 aromatic heterocycles. The molecule has 1 aromatic carbocycles. The van der Waals surface area contributed by atoms with E-state index in [2.05, 4.69) is 58.5 Å². The van der Waals surface area contributed by atoms with Gasteiger partial charge in [0.05, 0.1) is 6.16 Å². The largest absolute Gasteiger partial charge is 0.322 e. The summed E-state index contributed by atoms with van der Waals surface area (Å²) in [7, 11) is -1.19. The quantitative estimate of drug-likeness (QED) is 0.756. The fourth-order valence-corrected chi connectivity index (χ4v) is 4.61. The van der Waals surface area contributed by atoms with Crippen molar-refractivity contribution in [3.05, 3.63) is 29.3 Å². The summed E-state index contributed by atoms with van der Waals surface area (Å²) in [5.74, 6) is 0.212. The molecule has 1 aromatic rings. The van der Waals surface area contributed by atoms with Gasteiger partial charge in [0, 0.05) is 26.3 Å². The minimum absolute atomic E-state index is 0.177. The molecule has 0 aliphatic carbocycles. The third-order valence-corrected chi connectivity index (χ3v) is 8.06. The summed E-state index contributed by atoms with van der Waals surface area (Å²) >= 11 is 0. The number of hydrogen-bond acceptors (Lipinski definition) is 1. The molecule has 112 valence electrons. The van der Waals surface area contributed by atoms with Crippen LogP contribution in [0.15, 0.2) is 18.2 Å². The summed E-state index contributed by atoms with van der Waals surface area (Å²) in [4.78, 5) is 12.7. The fraction of sp³-hybridized carbons (Fsp3) is 0.588. The maximum Gasteiger partial charge on any atom is 0.265 e. The number of rotatable bonds is 6. The Balaban J connectivity index is 2.97. The van der Waals surface area contributed by atoms with Crippen LogP contribution >= 0.6 is 7.26 Å². The smallest absolute Gasteiger partial charge is 0.265 e. The van der Waals surface area contributed by atoms with Gasteiger partial charge in [0.2, 0.25) is 0 Å². The Labute approximate surface area is 124 Å². The lowest BCUT2D eigenvalue weighted by Crippen LogP contribution is -2.31.